The molecule has 1 aliphatic rings. The fourth-order valence-electron chi connectivity index (χ4n) is 4.90. The van der Waals surface area contributed by atoms with Gasteiger partial charge in [0.2, 0.25) is 11.6 Å². The van der Waals surface area contributed by atoms with Crippen LogP contribution in [0.4, 0.5) is 11.5 Å². The van der Waals surface area contributed by atoms with E-state index in [9.17, 15) is 9.59 Å². The standard InChI is InChI=1S/C28H33N7O2/c1-21-8-6-7-11-24(21)32-16-18-33(19-17-32)26-27-31-35(28(37)34(27)15-14-29-26)20-25(36)30-22(2)12-13-23-9-4-3-5-10-23/h3-11,14-15,22H,12-13,16-20H2,1-2H3,(H,30,36). The maximum absolute atomic E-state index is 13.0. The van der Waals surface area contributed by atoms with Crippen molar-refractivity contribution in [3.63, 3.8) is 0 Å². The number of fused-ring (bicyclic) bond motifs is 1. The van der Waals surface area contributed by atoms with Gasteiger partial charge in [0.25, 0.3) is 0 Å². The van der Waals surface area contributed by atoms with E-state index in [0.29, 0.717) is 11.5 Å². The second-order valence-corrected chi connectivity index (χ2v) is 9.64. The van der Waals surface area contributed by atoms with Gasteiger partial charge in [-0.3, -0.25) is 4.79 Å². The molecule has 0 aliphatic carbocycles. The average Bonchev–Trinajstić information content (AvgIpc) is 3.23. The first-order chi connectivity index (χ1) is 18.0. The first-order valence-electron chi connectivity index (χ1n) is 12.8. The number of para-hydroxylation sites is 1. The van der Waals surface area contributed by atoms with Crippen molar-refractivity contribution in [1.82, 2.24) is 24.5 Å². The Morgan fingerprint density at radius 2 is 1.70 bits per heavy atom. The SMILES string of the molecule is Cc1ccccc1N1CCN(c2nccn3c(=O)n(CC(=O)NC(C)CCc4ccccc4)nc23)CC1. The minimum absolute atomic E-state index is 0.0118. The van der Waals surface area contributed by atoms with Crippen molar-refractivity contribution in [3.05, 3.63) is 88.6 Å². The fourth-order valence-corrected chi connectivity index (χ4v) is 4.90. The molecule has 9 nitrogen and oxygen atoms in total. The lowest BCUT2D eigenvalue weighted by Crippen LogP contribution is -2.47. The maximum atomic E-state index is 13.0. The summed E-state index contributed by atoms with van der Waals surface area (Å²) in [5.41, 5.74) is 3.87. The molecule has 192 valence electrons. The van der Waals surface area contributed by atoms with Gasteiger partial charge in [0, 0.05) is 50.3 Å². The number of piperazine rings is 1. The Labute approximate surface area is 216 Å². The van der Waals surface area contributed by atoms with Crippen LogP contribution >= 0.6 is 0 Å². The number of nitrogens with zero attached hydrogens (tertiary/aromatic N) is 6. The lowest BCUT2D eigenvalue weighted by molar-refractivity contribution is -0.122. The smallest absolute Gasteiger partial charge is 0.350 e. The van der Waals surface area contributed by atoms with Crippen LogP contribution in [0.15, 0.2) is 71.8 Å². The highest BCUT2D eigenvalue weighted by atomic mass is 16.2. The van der Waals surface area contributed by atoms with Crippen molar-refractivity contribution in [1.29, 1.82) is 0 Å². The molecule has 1 N–H and O–H groups in total. The summed E-state index contributed by atoms with van der Waals surface area (Å²) < 4.78 is 2.70. The molecule has 0 radical (unpaired) electrons. The Balaban J connectivity index is 1.24. The van der Waals surface area contributed by atoms with Gasteiger partial charge in [-0.1, -0.05) is 48.5 Å². The van der Waals surface area contributed by atoms with E-state index >= 15 is 0 Å². The van der Waals surface area contributed by atoms with E-state index in [4.69, 9.17) is 0 Å². The quantitative estimate of drug-likeness (QED) is 0.401. The maximum Gasteiger partial charge on any atom is 0.350 e. The van der Waals surface area contributed by atoms with Crippen molar-refractivity contribution in [2.75, 3.05) is 36.0 Å². The Hall–Kier alpha value is -4.14. The summed E-state index contributed by atoms with van der Waals surface area (Å²) in [5, 5.41) is 7.50. The van der Waals surface area contributed by atoms with Crippen molar-refractivity contribution in [2.45, 2.75) is 39.3 Å². The number of carbonyl (C=O) groups is 1. The Bertz CT molecular complexity index is 1420. The molecular weight excluding hydrogens is 466 g/mol. The summed E-state index contributed by atoms with van der Waals surface area (Å²) in [5.74, 6) is 0.437. The molecule has 1 unspecified atom stereocenters. The third kappa shape index (κ3) is 5.50. The average molecular weight is 500 g/mol. The molecular formula is C28H33N7O2. The van der Waals surface area contributed by atoms with Gasteiger partial charge < -0.3 is 15.1 Å². The number of anilines is 2. The largest absolute Gasteiger partial charge is 0.368 e. The predicted octanol–water partition coefficient (Wildman–Crippen LogP) is 2.66. The van der Waals surface area contributed by atoms with Crippen LogP contribution in [-0.4, -0.2) is 57.3 Å². The number of hydrogen-bond acceptors (Lipinski definition) is 6. The van der Waals surface area contributed by atoms with Crippen LogP contribution in [-0.2, 0) is 17.8 Å². The summed E-state index contributed by atoms with van der Waals surface area (Å²) >= 11 is 0. The van der Waals surface area contributed by atoms with E-state index in [1.54, 1.807) is 12.4 Å². The number of rotatable bonds is 8. The molecule has 9 heteroatoms. The van der Waals surface area contributed by atoms with E-state index in [2.05, 4.69) is 68.5 Å². The highest BCUT2D eigenvalue weighted by Crippen LogP contribution is 2.23. The zero-order valence-corrected chi connectivity index (χ0v) is 21.4. The Morgan fingerprint density at radius 3 is 2.46 bits per heavy atom. The first kappa shape index (κ1) is 24.5. The summed E-state index contributed by atoms with van der Waals surface area (Å²) in [6.45, 7) is 7.21. The lowest BCUT2D eigenvalue weighted by atomic mass is 10.1. The van der Waals surface area contributed by atoms with Crippen LogP contribution in [0.5, 0.6) is 0 Å². The molecule has 1 saturated heterocycles. The van der Waals surface area contributed by atoms with Crippen molar-refractivity contribution in [2.24, 2.45) is 0 Å². The second kappa shape index (κ2) is 10.9. The zero-order chi connectivity index (χ0) is 25.8. The van der Waals surface area contributed by atoms with Crippen LogP contribution in [0.3, 0.4) is 0 Å². The van der Waals surface area contributed by atoms with Crippen LogP contribution in [0.1, 0.15) is 24.5 Å². The Kier molecular flexibility index (Phi) is 7.20. The molecule has 1 fully saturated rings. The summed E-state index contributed by atoms with van der Waals surface area (Å²) in [6, 6.07) is 18.6. The number of amides is 1. The predicted molar refractivity (Wildman–Crippen MR) is 145 cm³/mol. The number of nitrogens with one attached hydrogen (secondary N) is 1. The molecule has 2 aromatic carbocycles. The van der Waals surface area contributed by atoms with Gasteiger partial charge >= 0.3 is 5.69 Å². The van der Waals surface area contributed by atoms with E-state index in [1.165, 1.54) is 25.9 Å². The summed E-state index contributed by atoms with van der Waals surface area (Å²) in [6.07, 6.45) is 4.92. The van der Waals surface area contributed by atoms with Crippen molar-refractivity contribution in [3.8, 4) is 0 Å². The number of carbonyl (C=O) groups excluding carboxylic acids is 1. The third-order valence-corrected chi connectivity index (χ3v) is 6.93. The van der Waals surface area contributed by atoms with Crippen molar-refractivity contribution < 1.29 is 4.79 Å². The van der Waals surface area contributed by atoms with E-state index in [1.807, 2.05) is 25.1 Å². The highest BCUT2D eigenvalue weighted by Gasteiger charge is 2.23. The topological polar surface area (TPSA) is 87.8 Å². The fraction of sp³-hybridized carbons (Fsp3) is 0.357. The lowest BCUT2D eigenvalue weighted by Gasteiger charge is -2.37. The molecule has 0 saturated carbocycles. The zero-order valence-electron chi connectivity index (χ0n) is 21.4. The van der Waals surface area contributed by atoms with Crippen LogP contribution in [0.25, 0.3) is 5.65 Å². The van der Waals surface area contributed by atoms with Gasteiger partial charge in [0.05, 0.1) is 0 Å². The van der Waals surface area contributed by atoms with Gasteiger partial charge in [-0.05, 0) is 43.9 Å². The third-order valence-electron chi connectivity index (χ3n) is 6.93. The second-order valence-electron chi connectivity index (χ2n) is 9.64. The molecule has 4 aromatic rings. The van der Waals surface area contributed by atoms with E-state index in [0.717, 1.165) is 39.0 Å². The molecule has 37 heavy (non-hydrogen) atoms. The van der Waals surface area contributed by atoms with Crippen LogP contribution in [0, 0.1) is 6.92 Å². The van der Waals surface area contributed by atoms with E-state index < -0.39 is 0 Å². The number of aryl methyl sites for hydroxylation is 2. The molecule has 3 heterocycles. The monoisotopic (exact) mass is 499 g/mol. The summed E-state index contributed by atoms with van der Waals surface area (Å²) in [7, 11) is 0. The van der Waals surface area contributed by atoms with Gasteiger partial charge in [-0.25, -0.2) is 18.9 Å². The molecule has 2 aromatic heterocycles. The molecule has 5 rings (SSSR count). The van der Waals surface area contributed by atoms with E-state index in [-0.39, 0.29) is 24.2 Å². The van der Waals surface area contributed by atoms with Gasteiger partial charge in [-0.15, -0.1) is 5.10 Å². The number of aromatic nitrogens is 4. The Morgan fingerprint density at radius 1 is 1.00 bits per heavy atom. The molecule has 1 atom stereocenters. The first-order valence-corrected chi connectivity index (χ1v) is 12.8. The molecule has 0 bridgehead atoms. The number of hydrogen-bond donors (Lipinski definition) is 1. The van der Waals surface area contributed by atoms with Crippen LogP contribution in [0.2, 0.25) is 0 Å². The summed E-state index contributed by atoms with van der Waals surface area (Å²) in [4.78, 5) is 34.8. The normalized spacial score (nSPS) is 14.6. The van der Waals surface area contributed by atoms with Gasteiger partial charge in [0.1, 0.15) is 6.54 Å². The van der Waals surface area contributed by atoms with Crippen molar-refractivity contribution >= 4 is 23.1 Å². The van der Waals surface area contributed by atoms with Gasteiger partial charge in [0.15, 0.2) is 5.82 Å². The molecule has 1 amide bonds. The minimum atomic E-state index is -0.343. The van der Waals surface area contributed by atoms with Crippen LogP contribution < -0.4 is 20.8 Å². The molecule has 0 spiro atoms. The minimum Gasteiger partial charge on any atom is -0.368 e. The number of benzene rings is 2. The molecule has 1 aliphatic heterocycles. The highest BCUT2D eigenvalue weighted by molar-refractivity contribution is 5.76. The van der Waals surface area contributed by atoms with Gasteiger partial charge in [-0.2, -0.15) is 0 Å².